The smallest absolute Gasteiger partial charge is 0.0707 e. The van der Waals surface area contributed by atoms with Crippen molar-refractivity contribution in [3.8, 4) is 0 Å². The molecule has 0 aromatic carbocycles. The maximum Gasteiger partial charge on any atom is 0.0707 e. The Kier molecular flexibility index (Phi) is 6.97. The van der Waals surface area contributed by atoms with Gasteiger partial charge in [0.15, 0.2) is 0 Å². The SMILES string of the molecule is CC(C)(C)CC(C)(OCCCNI)C(C)(C)C. The standard InChI is InChI=1S/C14H30INO/c1-12(2,3)11-14(7,13(4,5)6)17-10-8-9-16-15/h16H,8-11H2,1-7H3. The molecule has 17 heavy (non-hydrogen) atoms. The molecule has 0 aliphatic heterocycles. The zero-order chi connectivity index (χ0) is 13.7. The molecule has 0 amide bonds. The van der Waals surface area contributed by atoms with Gasteiger partial charge in [0.05, 0.1) is 5.60 Å². The largest absolute Gasteiger partial charge is 0.375 e. The molecule has 0 aromatic heterocycles. The van der Waals surface area contributed by atoms with Gasteiger partial charge in [-0.25, -0.2) is 0 Å². The summed E-state index contributed by atoms with van der Waals surface area (Å²) in [5.74, 6) is 0. The second kappa shape index (κ2) is 6.71. The zero-order valence-corrected chi connectivity index (χ0v) is 14.8. The minimum atomic E-state index is -0.0590. The van der Waals surface area contributed by atoms with Gasteiger partial charge in [-0.15, -0.1) is 0 Å². The highest BCUT2D eigenvalue weighted by molar-refractivity contribution is 14.1. The quantitative estimate of drug-likeness (QED) is 0.428. The molecular formula is C14H30INO. The van der Waals surface area contributed by atoms with Crippen LogP contribution in [0.25, 0.3) is 0 Å². The molecule has 1 unspecified atom stereocenters. The molecule has 0 spiro atoms. The maximum absolute atomic E-state index is 6.23. The van der Waals surface area contributed by atoms with Crippen LogP contribution in [0.5, 0.6) is 0 Å². The molecule has 0 fully saturated rings. The van der Waals surface area contributed by atoms with E-state index in [1.807, 2.05) is 0 Å². The number of hydrogen-bond donors (Lipinski definition) is 1. The Balaban J connectivity index is 4.53. The van der Waals surface area contributed by atoms with Gasteiger partial charge in [-0.3, -0.25) is 3.53 Å². The summed E-state index contributed by atoms with van der Waals surface area (Å²) in [6.07, 6.45) is 2.15. The molecule has 0 aliphatic rings. The van der Waals surface area contributed by atoms with Crippen molar-refractivity contribution in [3.05, 3.63) is 0 Å². The molecule has 1 atom stereocenters. The fourth-order valence-corrected chi connectivity index (χ4v) is 2.36. The van der Waals surface area contributed by atoms with Crippen molar-refractivity contribution in [1.82, 2.24) is 3.53 Å². The third kappa shape index (κ3) is 6.97. The highest BCUT2D eigenvalue weighted by atomic mass is 127. The van der Waals surface area contributed by atoms with Gasteiger partial charge >= 0.3 is 0 Å². The van der Waals surface area contributed by atoms with Gasteiger partial charge in [0.1, 0.15) is 0 Å². The molecule has 0 radical (unpaired) electrons. The molecule has 0 saturated heterocycles. The minimum absolute atomic E-state index is 0.0590. The Morgan fingerprint density at radius 3 is 1.88 bits per heavy atom. The normalized spacial score (nSPS) is 16.9. The monoisotopic (exact) mass is 355 g/mol. The van der Waals surface area contributed by atoms with Gasteiger partial charge in [0.2, 0.25) is 0 Å². The molecule has 0 saturated carbocycles. The summed E-state index contributed by atoms with van der Waals surface area (Å²) in [4.78, 5) is 0. The van der Waals surface area contributed by atoms with Gasteiger partial charge in [-0.2, -0.15) is 0 Å². The predicted octanol–water partition coefficient (Wildman–Crippen LogP) is 4.57. The summed E-state index contributed by atoms with van der Waals surface area (Å²) >= 11 is 2.18. The van der Waals surface area contributed by atoms with Gasteiger partial charge in [-0.1, -0.05) is 41.5 Å². The lowest BCUT2D eigenvalue weighted by Crippen LogP contribution is -2.45. The van der Waals surface area contributed by atoms with E-state index in [9.17, 15) is 0 Å². The van der Waals surface area contributed by atoms with Gasteiger partial charge in [0, 0.05) is 36.0 Å². The molecule has 1 N–H and O–H groups in total. The lowest BCUT2D eigenvalue weighted by Gasteiger charge is -2.45. The third-order valence-corrected chi connectivity index (χ3v) is 3.83. The summed E-state index contributed by atoms with van der Waals surface area (Å²) in [5, 5.41) is 0. The van der Waals surface area contributed by atoms with E-state index in [1.54, 1.807) is 0 Å². The van der Waals surface area contributed by atoms with E-state index in [-0.39, 0.29) is 11.0 Å². The van der Waals surface area contributed by atoms with Crippen LogP contribution >= 0.6 is 22.9 Å². The van der Waals surface area contributed by atoms with Crippen LogP contribution in [0, 0.1) is 10.8 Å². The highest BCUT2D eigenvalue weighted by Gasteiger charge is 2.41. The van der Waals surface area contributed by atoms with Crippen LogP contribution in [0.15, 0.2) is 0 Å². The van der Waals surface area contributed by atoms with Crippen molar-refractivity contribution in [3.63, 3.8) is 0 Å². The first-order valence-electron chi connectivity index (χ1n) is 6.49. The van der Waals surface area contributed by atoms with Gasteiger partial charge in [-0.05, 0) is 30.6 Å². The fraction of sp³-hybridized carbons (Fsp3) is 1.00. The highest BCUT2D eigenvalue weighted by Crippen LogP contribution is 2.42. The Labute approximate surface area is 122 Å². The molecule has 104 valence electrons. The predicted molar refractivity (Wildman–Crippen MR) is 84.5 cm³/mol. The van der Waals surface area contributed by atoms with Crippen molar-refractivity contribution in [2.75, 3.05) is 13.2 Å². The zero-order valence-electron chi connectivity index (χ0n) is 12.6. The average molecular weight is 355 g/mol. The summed E-state index contributed by atoms with van der Waals surface area (Å²) in [6, 6.07) is 0. The van der Waals surface area contributed by atoms with Crippen LogP contribution in [0.3, 0.4) is 0 Å². The van der Waals surface area contributed by atoms with Crippen LogP contribution in [-0.2, 0) is 4.74 Å². The summed E-state index contributed by atoms with van der Waals surface area (Å²) < 4.78 is 9.36. The maximum atomic E-state index is 6.23. The van der Waals surface area contributed by atoms with E-state index >= 15 is 0 Å². The van der Waals surface area contributed by atoms with E-state index in [1.165, 1.54) is 0 Å². The Hall–Kier alpha value is 0.650. The molecule has 0 aromatic rings. The second-order valence-electron chi connectivity index (χ2n) is 7.30. The van der Waals surface area contributed by atoms with E-state index < -0.39 is 0 Å². The van der Waals surface area contributed by atoms with Crippen molar-refractivity contribution >= 4 is 22.9 Å². The fourth-order valence-electron chi connectivity index (χ4n) is 1.98. The second-order valence-corrected chi connectivity index (χ2v) is 8.07. The molecule has 0 heterocycles. The van der Waals surface area contributed by atoms with Crippen LogP contribution in [0.4, 0.5) is 0 Å². The van der Waals surface area contributed by atoms with E-state index in [4.69, 9.17) is 4.74 Å². The number of nitrogens with one attached hydrogen (secondary N) is 1. The summed E-state index contributed by atoms with van der Waals surface area (Å²) in [5.41, 5.74) is 0.401. The summed E-state index contributed by atoms with van der Waals surface area (Å²) in [6.45, 7) is 17.8. The van der Waals surface area contributed by atoms with E-state index in [0.717, 1.165) is 26.0 Å². The van der Waals surface area contributed by atoms with Crippen LogP contribution < -0.4 is 3.53 Å². The molecule has 2 nitrogen and oxygen atoms in total. The van der Waals surface area contributed by atoms with Crippen molar-refractivity contribution in [2.24, 2.45) is 10.8 Å². The topological polar surface area (TPSA) is 21.3 Å². The Morgan fingerprint density at radius 1 is 1.00 bits per heavy atom. The lowest BCUT2D eigenvalue weighted by molar-refractivity contribution is -0.125. The first kappa shape index (κ1) is 17.6. The van der Waals surface area contributed by atoms with Crippen LogP contribution in [0.1, 0.15) is 61.3 Å². The first-order valence-corrected chi connectivity index (χ1v) is 7.57. The molecule has 3 heteroatoms. The third-order valence-electron chi connectivity index (χ3n) is 3.29. The van der Waals surface area contributed by atoms with Crippen LogP contribution in [0.2, 0.25) is 0 Å². The van der Waals surface area contributed by atoms with Crippen molar-refractivity contribution in [1.29, 1.82) is 0 Å². The number of hydrogen-bond acceptors (Lipinski definition) is 2. The van der Waals surface area contributed by atoms with E-state index in [0.29, 0.717) is 5.41 Å². The Bertz CT molecular complexity index is 217. The molecule has 0 bridgehead atoms. The molecule has 0 aliphatic carbocycles. The van der Waals surface area contributed by atoms with E-state index in [2.05, 4.69) is 74.9 Å². The molecule has 0 rings (SSSR count). The van der Waals surface area contributed by atoms with Gasteiger partial charge < -0.3 is 4.74 Å². The Morgan fingerprint density at radius 2 is 1.53 bits per heavy atom. The van der Waals surface area contributed by atoms with Crippen molar-refractivity contribution in [2.45, 2.75) is 66.9 Å². The minimum Gasteiger partial charge on any atom is -0.375 e. The van der Waals surface area contributed by atoms with Gasteiger partial charge in [0.25, 0.3) is 0 Å². The average Bonchev–Trinajstić information content (AvgIpc) is 2.08. The number of rotatable bonds is 6. The lowest BCUT2D eigenvalue weighted by atomic mass is 9.69. The number of halogens is 1. The van der Waals surface area contributed by atoms with Crippen molar-refractivity contribution < 1.29 is 4.74 Å². The number of ether oxygens (including phenoxy) is 1. The molecular weight excluding hydrogens is 325 g/mol. The van der Waals surface area contributed by atoms with Crippen LogP contribution in [-0.4, -0.2) is 18.8 Å². The summed E-state index contributed by atoms with van der Waals surface area (Å²) in [7, 11) is 0. The first-order chi connectivity index (χ1) is 7.52.